The fraction of sp³-hybridized carbons (Fsp3) is 0.318. The summed E-state index contributed by atoms with van der Waals surface area (Å²) in [6, 6.07) is 18.3. The number of nitrogens with one attached hydrogen (secondary N) is 1. The fourth-order valence-electron chi connectivity index (χ4n) is 3.74. The molecule has 6 nitrogen and oxygen atoms in total. The highest BCUT2D eigenvalue weighted by Gasteiger charge is 2.23. The Morgan fingerprint density at radius 1 is 1.04 bits per heavy atom. The van der Waals surface area contributed by atoms with Gasteiger partial charge < -0.3 is 5.32 Å². The zero-order chi connectivity index (χ0) is 19.2. The maximum Gasteiger partial charge on any atom is 0.251 e. The molecule has 1 aromatic heterocycles. The van der Waals surface area contributed by atoms with Crippen LogP contribution in [0.2, 0.25) is 0 Å². The first kappa shape index (κ1) is 18.4. The Balaban J connectivity index is 1.39. The van der Waals surface area contributed by atoms with Crippen LogP contribution in [0.15, 0.2) is 67.3 Å². The van der Waals surface area contributed by atoms with Gasteiger partial charge in [-0.1, -0.05) is 42.5 Å². The van der Waals surface area contributed by atoms with Gasteiger partial charge in [0.1, 0.15) is 12.7 Å². The van der Waals surface area contributed by atoms with Crippen LogP contribution in [-0.4, -0.2) is 45.2 Å². The van der Waals surface area contributed by atoms with Crippen LogP contribution >= 0.6 is 0 Å². The Hall–Kier alpha value is -2.99. The normalized spacial score (nSPS) is 15.4. The second-order valence-electron chi connectivity index (χ2n) is 7.17. The summed E-state index contributed by atoms with van der Waals surface area (Å²) in [5.41, 5.74) is 3.02. The third kappa shape index (κ3) is 4.46. The topological polar surface area (TPSA) is 63.1 Å². The van der Waals surface area contributed by atoms with Crippen LogP contribution < -0.4 is 5.32 Å². The summed E-state index contributed by atoms with van der Waals surface area (Å²) in [6.07, 6.45) is 5.66. The van der Waals surface area contributed by atoms with E-state index in [4.69, 9.17) is 0 Å². The molecule has 1 fully saturated rings. The third-order valence-corrected chi connectivity index (χ3v) is 5.25. The molecule has 1 unspecified atom stereocenters. The lowest BCUT2D eigenvalue weighted by molar-refractivity contribution is 0.0938. The molecule has 2 heterocycles. The molecule has 28 heavy (non-hydrogen) atoms. The quantitative estimate of drug-likeness (QED) is 0.690. The zero-order valence-electron chi connectivity index (χ0n) is 15.9. The highest BCUT2D eigenvalue weighted by Crippen LogP contribution is 2.24. The zero-order valence-corrected chi connectivity index (χ0v) is 15.9. The van der Waals surface area contributed by atoms with Crippen molar-refractivity contribution in [2.75, 3.05) is 19.6 Å². The number of amides is 1. The molecule has 1 aliphatic rings. The number of rotatable bonds is 7. The Kier molecular flexibility index (Phi) is 5.77. The van der Waals surface area contributed by atoms with Crippen LogP contribution in [0, 0.1) is 0 Å². The number of likely N-dealkylation sites (tertiary alicyclic amines) is 1. The summed E-state index contributed by atoms with van der Waals surface area (Å²) >= 11 is 0. The van der Waals surface area contributed by atoms with E-state index in [-0.39, 0.29) is 11.9 Å². The number of hydrogen-bond donors (Lipinski definition) is 1. The summed E-state index contributed by atoms with van der Waals surface area (Å²) in [6.45, 7) is 3.44. The molecule has 0 spiro atoms. The number of carbonyl (C=O) groups excluding carboxylic acids is 1. The standard InChI is InChI=1S/C22H25N5O/c28-22(20-10-8-18(9-11-20)15-27-17-23-16-25-27)24-14-21(26-12-4-5-13-26)19-6-2-1-3-7-19/h1-3,6-11,16-17,21H,4-5,12-15H2,(H,24,28). The van der Waals surface area contributed by atoms with E-state index in [1.165, 1.54) is 24.7 Å². The van der Waals surface area contributed by atoms with Gasteiger partial charge in [0.15, 0.2) is 0 Å². The molecule has 0 aliphatic carbocycles. The monoisotopic (exact) mass is 375 g/mol. The van der Waals surface area contributed by atoms with Gasteiger partial charge in [-0.15, -0.1) is 0 Å². The van der Waals surface area contributed by atoms with E-state index < -0.39 is 0 Å². The van der Waals surface area contributed by atoms with Crippen molar-refractivity contribution in [3.63, 3.8) is 0 Å². The summed E-state index contributed by atoms with van der Waals surface area (Å²) in [7, 11) is 0. The van der Waals surface area contributed by atoms with Crippen molar-refractivity contribution >= 4 is 5.91 Å². The van der Waals surface area contributed by atoms with Gasteiger partial charge in [-0.25, -0.2) is 9.67 Å². The van der Waals surface area contributed by atoms with Gasteiger partial charge >= 0.3 is 0 Å². The molecular weight excluding hydrogens is 350 g/mol. The molecule has 1 aliphatic heterocycles. The lowest BCUT2D eigenvalue weighted by Gasteiger charge is -2.28. The van der Waals surface area contributed by atoms with Crippen LogP contribution in [0.5, 0.6) is 0 Å². The van der Waals surface area contributed by atoms with Crippen LogP contribution in [0.1, 0.15) is 40.4 Å². The van der Waals surface area contributed by atoms with Crippen LogP contribution in [0.25, 0.3) is 0 Å². The summed E-state index contributed by atoms with van der Waals surface area (Å²) in [4.78, 5) is 19.1. The van der Waals surface area contributed by atoms with Crippen LogP contribution in [0.3, 0.4) is 0 Å². The first-order valence-corrected chi connectivity index (χ1v) is 9.78. The molecular formula is C22H25N5O. The largest absolute Gasteiger partial charge is 0.350 e. The lowest BCUT2D eigenvalue weighted by Crippen LogP contribution is -2.36. The Morgan fingerprint density at radius 3 is 2.46 bits per heavy atom. The SMILES string of the molecule is O=C(NCC(c1ccccc1)N1CCCC1)c1ccc(Cn2cncn2)cc1. The summed E-state index contributed by atoms with van der Waals surface area (Å²) in [5, 5.41) is 7.24. The number of nitrogens with zero attached hydrogens (tertiary/aromatic N) is 4. The number of aromatic nitrogens is 3. The molecule has 1 saturated heterocycles. The maximum atomic E-state index is 12.7. The molecule has 1 atom stereocenters. The fourth-order valence-corrected chi connectivity index (χ4v) is 3.74. The van der Waals surface area contributed by atoms with Crippen molar-refractivity contribution in [3.8, 4) is 0 Å². The van der Waals surface area contributed by atoms with Crippen LogP contribution in [-0.2, 0) is 6.54 Å². The number of benzene rings is 2. The van der Waals surface area contributed by atoms with Gasteiger partial charge in [0, 0.05) is 12.1 Å². The average molecular weight is 375 g/mol. The molecule has 0 radical (unpaired) electrons. The molecule has 6 heteroatoms. The minimum Gasteiger partial charge on any atom is -0.350 e. The van der Waals surface area contributed by atoms with E-state index in [0.29, 0.717) is 18.7 Å². The summed E-state index contributed by atoms with van der Waals surface area (Å²) in [5.74, 6) is -0.0348. The van der Waals surface area contributed by atoms with Gasteiger partial charge in [-0.2, -0.15) is 5.10 Å². The number of hydrogen-bond acceptors (Lipinski definition) is 4. The van der Waals surface area contributed by atoms with E-state index in [1.54, 1.807) is 11.0 Å². The Labute approximate surface area is 165 Å². The van der Waals surface area contributed by atoms with E-state index in [9.17, 15) is 4.79 Å². The average Bonchev–Trinajstić information content (AvgIpc) is 3.44. The lowest BCUT2D eigenvalue weighted by atomic mass is 10.1. The predicted octanol–water partition coefficient (Wildman–Crippen LogP) is 2.89. The molecule has 2 aromatic carbocycles. The van der Waals surface area contributed by atoms with Gasteiger partial charge in [-0.3, -0.25) is 9.69 Å². The van der Waals surface area contributed by atoms with Gasteiger partial charge in [-0.05, 0) is 49.2 Å². The van der Waals surface area contributed by atoms with Crippen molar-refractivity contribution in [1.82, 2.24) is 25.0 Å². The molecule has 0 saturated carbocycles. The predicted molar refractivity (Wildman–Crippen MR) is 108 cm³/mol. The van der Waals surface area contributed by atoms with Gasteiger partial charge in [0.05, 0.1) is 12.6 Å². The second kappa shape index (κ2) is 8.80. The van der Waals surface area contributed by atoms with E-state index in [1.807, 2.05) is 30.3 Å². The minimum absolute atomic E-state index is 0.0348. The van der Waals surface area contributed by atoms with Crippen LogP contribution in [0.4, 0.5) is 0 Å². The molecule has 1 amide bonds. The highest BCUT2D eigenvalue weighted by atomic mass is 16.1. The summed E-state index contributed by atoms with van der Waals surface area (Å²) < 4.78 is 1.76. The third-order valence-electron chi connectivity index (χ3n) is 5.25. The second-order valence-corrected chi connectivity index (χ2v) is 7.17. The van der Waals surface area contributed by atoms with Crippen molar-refractivity contribution in [1.29, 1.82) is 0 Å². The highest BCUT2D eigenvalue weighted by molar-refractivity contribution is 5.94. The maximum absolute atomic E-state index is 12.7. The van der Waals surface area contributed by atoms with E-state index in [2.05, 4.69) is 44.6 Å². The first-order chi connectivity index (χ1) is 13.8. The van der Waals surface area contributed by atoms with Crippen molar-refractivity contribution in [3.05, 3.63) is 83.9 Å². The Morgan fingerprint density at radius 2 is 1.79 bits per heavy atom. The molecule has 4 rings (SSSR count). The van der Waals surface area contributed by atoms with Crippen molar-refractivity contribution in [2.45, 2.75) is 25.4 Å². The van der Waals surface area contributed by atoms with Crippen molar-refractivity contribution < 1.29 is 4.79 Å². The molecule has 3 aromatic rings. The van der Waals surface area contributed by atoms with E-state index >= 15 is 0 Å². The molecule has 1 N–H and O–H groups in total. The smallest absolute Gasteiger partial charge is 0.251 e. The molecule has 144 valence electrons. The van der Waals surface area contributed by atoms with Gasteiger partial charge in [0.2, 0.25) is 0 Å². The molecule has 0 bridgehead atoms. The van der Waals surface area contributed by atoms with E-state index in [0.717, 1.165) is 18.7 Å². The van der Waals surface area contributed by atoms with Gasteiger partial charge in [0.25, 0.3) is 5.91 Å². The van der Waals surface area contributed by atoms with Crippen molar-refractivity contribution in [2.24, 2.45) is 0 Å². The first-order valence-electron chi connectivity index (χ1n) is 9.78. The number of carbonyl (C=O) groups is 1. The minimum atomic E-state index is -0.0348. The Bertz CT molecular complexity index is 871.